The Morgan fingerprint density at radius 2 is 2.10 bits per heavy atom. The first kappa shape index (κ1) is 18.7. The first-order chi connectivity index (χ1) is 14.0. The van der Waals surface area contributed by atoms with Crippen LogP contribution >= 0.6 is 15.9 Å². The van der Waals surface area contributed by atoms with E-state index in [1.54, 1.807) is 6.07 Å². The summed E-state index contributed by atoms with van der Waals surface area (Å²) in [6.07, 6.45) is 1.43. The second-order valence-electron chi connectivity index (χ2n) is 6.09. The maximum absolute atomic E-state index is 11.1. The van der Waals surface area contributed by atoms with E-state index in [9.17, 15) is 10.1 Å². The van der Waals surface area contributed by atoms with Crippen molar-refractivity contribution >= 4 is 55.8 Å². The summed E-state index contributed by atoms with van der Waals surface area (Å²) in [6.45, 7) is 0. The molecule has 2 aromatic heterocycles. The highest BCUT2D eigenvalue weighted by molar-refractivity contribution is 9.10. The number of rotatable bonds is 5. The molecule has 10 nitrogen and oxygen atoms in total. The predicted molar refractivity (Wildman–Crippen MR) is 112 cm³/mol. The number of nitrogens with zero attached hydrogens (tertiary/aromatic N) is 6. The summed E-state index contributed by atoms with van der Waals surface area (Å²) < 4.78 is 7.85. The van der Waals surface area contributed by atoms with Crippen molar-refractivity contribution in [3.05, 3.63) is 56.5 Å². The van der Waals surface area contributed by atoms with Crippen LogP contribution in [0.2, 0.25) is 0 Å². The molecule has 4 rings (SSSR count). The van der Waals surface area contributed by atoms with Crippen LogP contribution < -0.4 is 10.2 Å². The average Bonchev–Trinajstić information content (AvgIpc) is 2.99. The summed E-state index contributed by atoms with van der Waals surface area (Å²) in [5, 5.41) is 24.4. The highest BCUT2D eigenvalue weighted by atomic mass is 79.9. The van der Waals surface area contributed by atoms with Gasteiger partial charge in [-0.3, -0.25) is 10.1 Å². The maximum Gasteiger partial charge on any atom is 0.311 e. The summed E-state index contributed by atoms with van der Waals surface area (Å²) in [4.78, 5) is 15.1. The molecule has 0 aliphatic carbocycles. The van der Waals surface area contributed by atoms with Gasteiger partial charge in [0.1, 0.15) is 5.52 Å². The third-order valence-electron chi connectivity index (χ3n) is 4.34. The van der Waals surface area contributed by atoms with E-state index in [2.05, 4.69) is 41.6 Å². The van der Waals surface area contributed by atoms with Crippen LogP contribution in [0.4, 0.5) is 11.6 Å². The third kappa shape index (κ3) is 3.47. The Morgan fingerprint density at radius 3 is 2.86 bits per heavy atom. The van der Waals surface area contributed by atoms with Crippen LogP contribution in [0.15, 0.2) is 46.0 Å². The number of hydrogen-bond donors (Lipinski definition) is 1. The molecule has 0 unspecified atom stereocenters. The van der Waals surface area contributed by atoms with Gasteiger partial charge in [0.05, 0.1) is 23.8 Å². The van der Waals surface area contributed by atoms with E-state index in [0.717, 1.165) is 15.4 Å². The molecule has 4 aromatic rings. The smallest absolute Gasteiger partial charge is 0.311 e. The van der Waals surface area contributed by atoms with Crippen molar-refractivity contribution in [2.45, 2.75) is 0 Å². The summed E-state index contributed by atoms with van der Waals surface area (Å²) >= 11 is 3.46. The van der Waals surface area contributed by atoms with E-state index in [1.807, 2.05) is 29.8 Å². The number of fused-ring (bicyclic) bond motifs is 3. The molecule has 1 N–H and O–H groups in total. The Labute approximate surface area is 172 Å². The van der Waals surface area contributed by atoms with Crippen molar-refractivity contribution < 1.29 is 9.66 Å². The number of halogens is 1. The summed E-state index contributed by atoms with van der Waals surface area (Å²) in [5.74, 6) is 0.391. The summed E-state index contributed by atoms with van der Waals surface area (Å²) in [6, 6.07) is 10.4. The highest BCUT2D eigenvalue weighted by Gasteiger charge is 2.15. The van der Waals surface area contributed by atoms with Gasteiger partial charge in [-0.25, -0.2) is 5.43 Å². The molecule has 29 heavy (non-hydrogen) atoms. The molecule has 0 saturated carbocycles. The van der Waals surface area contributed by atoms with Gasteiger partial charge in [0.15, 0.2) is 11.4 Å². The van der Waals surface area contributed by atoms with Gasteiger partial charge >= 0.3 is 5.69 Å². The molecule has 0 amide bonds. The number of ether oxygens (including phenoxy) is 1. The standard InChI is InChI=1S/C18H14BrN7O3/c1-25-13-5-4-11(19)8-12(13)16-17(25)21-18(24-22-16)23-20-9-10-3-6-15(29-2)14(7-10)26(27)28/h3-9H,1-2H3,(H,21,23,24)/b20-9+. The lowest BCUT2D eigenvalue weighted by atomic mass is 10.2. The molecule has 0 aliphatic rings. The second kappa shape index (κ2) is 7.43. The van der Waals surface area contributed by atoms with E-state index < -0.39 is 4.92 Å². The molecule has 146 valence electrons. The molecule has 0 radical (unpaired) electrons. The minimum absolute atomic E-state index is 0.141. The van der Waals surface area contributed by atoms with Gasteiger partial charge in [0.25, 0.3) is 5.95 Å². The molecule has 11 heteroatoms. The van der Waals surface area contributed by atoms with Gasteiger partial charge in [-0.05, 0) is 30.3 Å². The lowest BCUT2D eigenvalue weighted by Gasteiger charge is -2.02. The molecular formula is C18H14BrN7O3. The van der Waals surface area contributed by atoms with E-state index in [1.165, 1.54) is 25.5 Å². The molecule has 0 fully saturated rings. The fraction of sp³-hybridized carbons (Fsp3) is 0.111. The molecule has 2 heterocycles. The van der Waals surface area contributed by atoms with Crippen molar-refractivity contribution in [1.82, 2.24) is 19.7 Å². The van der Waals surface area contributed by atoms with Gasteiger partial charge in [-0.2, -0.15) is 10.1 Å². The Kier molecular flexibility index (Phi) is 4.80. The zero-order valence-electron chi connectivity index (χ0n) is 15.3. The molecule has 0 spiro atoms. The molecule has 0 bridgehead atoms. The Hall–Kier alpha value is -3.60. The number of nitrogens with one attached hydrogen (secondary N) is 1. The lowest BCUT2D eigenvalue weighted by molar-refractivity contribution is -0.385. The minimum atomic E-state index is -0.511. The number of hydrogen-bond acceptors (Lipinski definition) is 8. The van der Waals surface area contributed by atoms with Crippen LogP contribution in [-0.4, -0.2) is 38.0 Å². The largest absolute Gasteiger partial charge is 0.490 e. The predicted octanol–water partition coefficient (Wildman–Crippen LogP) is 3.64. The fourth-order valence-electron chi connectivity index (χ4n) is 2.97. The number of aryl methyl sites for hydroxylation is 1. The number of hydrazone groups is 1. The van der Waals surface area contributed by atoms with Crippen LogP contribution in [0.5, 0.6) is 5.75 Å². The van der Waals surface area contributed by atoms with E-state index in [-0.39, 0.29) is 17.4 Å². The molecular weight excluding hydrogens is 442 g/mol. The topological polar surface area (TPSA) is 120 Å². The van der Waals surface area contributed by atoms with Crippen molar-refractivity contribution in [3.63, 3.8) is 0 Å². The summed E-state index contributed by atoms with van der Waals surface area (Å²) in [5.41, 5.74) is 5.41. The molecule has 0 atom stereocenters. The normalized spacial score (nSPS) is 11.4. The number of methoxy groups -OCH3 is 1. The van der Waals surface area contributed by atoms with E-state index in [0.29, 0.717) is 16.7 Å². The average molecular weight is 456 g/mol. The fourth-order valence-corrected chi connectivity index (χ4v) is 3.33. The molecule has 2 aromatic carbocycles. The van der Waals surface area contributed by atoms with Crippen LogP contribution in [0.25, 0.3) is 22.1 Å². The van der Waals surface area contributed by atoms with Crippen molar-refractivity contribution in [1.29, 1.82) is 0 Å². The Bertz CT molecular complexity index is 1290. The highest BCUT2D eigenvalue weighted by Crippen LogP contribution is 2.28. The Morgan fingerprint density at radius 1 is 1.28 bits per heavy atom. The molecule has 0 aliphatic heterocycles. The minimum Gasteiger partial charge on any atom is -0.490 e. The number of nitro groups is 1. The SMILES string of the molecule is COc1ccc(/C=N/Nc2nnc3c4cc(Br)ccc4n(C)c3n2)cc1[N+](=O)[O-]. The van der Waals surface area contributed by atoms with Gasteiger partial charge < -0.3 is 9.30 Å². The number of nitro benzene ring substituents is 1. The van der Waals surface area contributed by atoms with Crippen molar-refractivity contribution in [2.24, 2.45) is 12.1 Å². The van der Waals surface area contributed by atoms with Gasteiger partial charge in [-0.1, -0.05) is 15.9 Å². The first-order valence-corrected chi connectivity index (χ1v) is 9.17. The van der Waals surface area contributed by atoms with Crippen LogP contribution in [-0.2, 0) is 7.05 Å². The van der Waals surface area contributed by atoms with Gasteiger partial charge in [0.2, 0.25) is 0 Å². The Balaban J connectivity index is 1.62. The monoisotopic (exact) mass is 455 g/mol. The first-order valence-electron chi connectivity index (χ1n) is 8.38. The zero-order chi connectivity index (χ0) is 20.5. The second-order valence-corrected chi connectivity index (χ2v) is 7.00. The van der Waals surface area contributed by atoms with Crippen molar-refractivity contribution in [2.75, 3.05) is 12.5 Å². The quantitative estimate of drug-likeness (QED) is 0.277. The van der Waals surface area contributed by atoms with Gasteiger partial charge in [0, 0.05) is 28.5 Å². The van der Waals surface area contributed by atoms with Crippen LogP contribution in [0.1, 0.15) is 5.56 Å². The zero-order valence-corrected chi connectivity index (χ0v) is 16.9. The van der Waals surface area contributed by atoms with Crippen molar-refractivity contribution in [3.8, 4) is 5.75 Å². The third-order valence-corrected chi connectivity index (χ3v) is 4.83. The summed E-state index contributed by atoms with van der Waals surface area (Å²) in [7, 11) is 3.28. The van der Waals surface area contributed by atoms with Crippen LogP contribution in [0.3, 0.4) is 0 Å². The molecule has 0 saturated heterocycles. The van der Waals surface area contributed by atoms with E-state index in [4.69, 9.17) is 4.74 Å². The number of benzene rings is 2. The van der Waals surface area contributed by atoms with Crippen LogP contribution in [0, 0.1) is 10.1 Å². The number of anilines is 1. The van der Waals surface area contributed by atoms with E-state index >= 15 is 0 Å². The lowest BCUT2D eigenvalue weighted by Crippen LogP contribution is -2.01. The van der Waals surface area contributed by atoms with Gasteiger partial charge in [-0.15, -0.1) is 10.2 Å². The number of aromatic nitrogens is 4. The maximum atomic E-state index is 11.1.